The molecule has 2 aliphatic rings. The average molecular weight is 345 g/mol. The Morgan fingerprint density at radius 3 is 2.80 bits per heavy atom. The van der Waals surface area contributed by atoms with Crippen LogP contribution in [0.1, 0.15) is 37.7 Å². The van der Waals surface area contributed by atoms with Crippen molar-refractivity contribution in [3.8, 4) is 0 Å². The fraction of sp³-hybridized carbons (Fsp3) is 0.700. The highest BCUT2D eigenvalue weighted by molar-refractivity contribution is 5.77. The molecule has 2 saturated heterocycles. The summed E-state index contributed by atoms with van der Waals surface area (Å²) in [6, 6.07) is 4.17. The highest BCUT2D eigenvalue weighted by atomic mass is 16.5. The number of nitrogens with zero attached hydrogens (tertiary/aromatic N) is 3. The number of methoxy groups -OCH3 is 1. The Kier molecular flexibility index (Phi) is 6.43. The van der Waals surface area contributed by atoms with Crippen LogP contribution in [0.15, 0.2) is 24.5 Å². The minimum Gasteiger partial charge on any atom is -0.383 e. The number of likely N-dealkylation sites (tertiary alicyclic amines) is 2. The van der Waals surface area contributed by atoms with E-state index in [1.54, 1.807) is 7.11 Å². The van der Waals surface area contributed by atoms with Crippen molar-refractivity contribution in [1.82, 2.24) is 14.8 Å². The van der Waals surface area contributed by atoms with Crippen LogP contribution in [0.3, 0.4) is 0 Å². The molecule has 0 bridgehead atoms. The lowest BCUT2D eigenvalue weighted by Gasteiger charge is -2.47. The van der Waals surface area contributed by atoms with Gasteiger partial charge in [-0.25, -0.2) is 0 Å². The number of amides is 1. The van der Waals surface area contributed by atoms with E-state index < -0.39 is 0 Å². The van der Waals surface area contributed by atoms with Gasteiger partial charge in [-0.1, -0.05) is 6.07 Å². The second-order valence-electron chi connectivity index (χ2n) is 7.61. The van der Waals surface area contributed by atoms with E-state index in [1.807, 2.05) is 23.4 Å². The zero-order valence-corrected chi connectivity index (χ0v) is 15.5. The van der Waals surface area contributed by atoms with E-state index in [1.165, 1.54) is 37.9 Å². The van der Waals surface area contributed by atoms with Crippen molar-refractivity contribution in [3.63, 3.8) is 0 Å². The van der Waals surface area contributed by atoms with E-state index in [-0.39, 0.29) is 0 Å². The highest BCUT2D eigenvalue weighted by Crippen LogP contribution is 2.40. The van der Waals surface area contributed by atoms with Gasteiger partial charge >= 0.3 is 0 Å². The van der Waals surface area contributed by atoms with Crippen LogP contribution >= 0.6 is 0 Å². The fourth-order valence-corrected chi connectivity index (χ4v) is 4.22. The summed E-state index contributed by atoms with van der Waals surface area (Å²) in [5.41, 5.74) is 1.68. The van der Waals surface area contributed by atoms with Crippen molar-refractivity contribution in [3.05, 3.63) is 30.1 Å². The quantitative estimate of drug-likeness (QED) is 0.761. The van der Waals surface area contributed by atoms with Gasteiger partial charge in [0.25, 0.3) is 0 Å². The van der Waals surface area contributed by atoms with E-state index >= 15 is 0 Å². The Labute approximate surface area is 151 Å². The lowest BCUT2D eigenvalue weighted by atomic mass is 9.72. The van der Waals surface area contributed by atoms with Crippen LogP contribution in [0.4, 0.5) is 0 Å². The van der Waals surface area contributed by atoms with E-state index in [9.17, 15) is 4.79 Å². The van der Waals surface area contributed by atoms with Gasteiger partial charge in [0.1, 0.15) is 0 Å². The maximum absolute atomic E-state index is 12.1. The molecule has 0 N–H and O–H groups in total. The number of pyridine rings is 1. The molecule has 2 fully saturated rings. The van der Waals surface area contributed by atoms with Crippen LogP contribution in [-0.4, -0.2) is 67.1 Å². The maximum Gasteiger partial charge on any atom is 0.222 e. The minimum absolute atomic E-state index is 0.307. The molecule has 25 heavy (non-hydrogen) atoms. The first-order chi connectivity index (χ1) is 12.2. The third-order valence-electron chi connectivity index (χ3n) is 5.89. The molecule has 0 atom stereocenters. The number of piperidine rings is 2. The van der Waals surface area contributed by atoms with Gasteiger partial charge in [-0.3, -0.25) is 9.78 Å². The molecule has 138 valence electrons. The summed E-state index contributed by atoms with van der Waals surface area (Å²) in [4.78, 5) is 20.9. The normalized spacial score (nSPS) is 21.0. The number of hydrogen-bond acceptors (Lipinski definition) is 4. The summed E-state index contributed by atoms with van der Waals surface area (Å²) in [5, 5.41) is 0. The molecule has 0 unspecified atom stereocenters. The van der Waals surface area contributed by atoms with Gasteiger partial charge in [-0.2, -0.15) is 0 Å². The zero-order chi connectivity index (χ0) is 17.5. The first-order valence-corrected chi connectivity index (χ1v) is 9.59. The molecule has 1 spiro atoms. The van der Waals surface area contributed by atoms with Gasteiger partial charge in [-0.05, 0) is 68.8 Å². The van der Waals surface area contributed by atoms with Crippen LogP contribution in [0, 0.1) is 5.41 Å². The molecule has 5 heteroatoms. The first-order valence-electron chi connectivity index (χ1n) is 9.59. The second-order valence-corrected chi connectivity index (χ2v) is 7.61. The smallest absolute Gasteiger partial charge is 0.222 e. The van der Waals surface area contributed by atoms with Gasteiger partial charge in [0.15, 0.2) is 0 Å². The Hall–Kier alpha value is -1.46. The van der Waals surface area contributed by atoms with Crippen molar-refractivity contribution in [1.29, 1.82) is 0 Å². The van der Waals surface area contributed by atoms with Crippen molar-refractivity contribution >= 4 is 5.91 Å². The van der Waals surface area contributed by atoms with Gasteiger partial charge in [-0.15, -0.1) is 0 Å². The third-order valence-corrected chi connectivity index (χ3v) is 5.89. The predicted octanol–water partition coefficient (Wildman–Crippen LogP) is 2.37. The van der Waals surface area contributed by atoms with E-state index in [0.717, 1.165) is 32.5 Å². The van der Waals surface area contributed by atoms with Gasteiger partial charge < -0.3 is 14.5 Å². The molecule has 0 radical (unpaired) electrons. The summed E-state index contributed by atoms with van der Waals surface area (Å²) in [6.07, 6.45) is 10.3. The van der Waals surface area contributed by atoms with Crippen molar-refractivity contribution in [2.75, 3.05) is 46.4 Å². The summed E-state index contributed by atoms with van der Waals surface area (Å²) in [7, 11) is 1.70. The Morgan fingerprint density at radius 2 is 2.08 bits per heavy atom. The zero-order valence-electron chi connectivity index (χ0n) is 15.5. The SMILES string of the molecule is COCCN1CC2(CCC1=O)CCN(CCCc1cccnc1)CC2. The monoisotopic (exact) mass is 345 g/mol. The average Bonchev–Trinajstić information content (AvgIpc) is 2.65. The van der Waals surface area contributed by atoms with Crippen LogP contribution in [0.2, 0.25) is 0 Å². The summed E-state index contributed by atoms with van der Waals surface area (Å²) in [6.45, 7) is 5.81. The molecule has 3 heterocycles. The fourth-order valence-electron chi connectivity index (χ4n) is 4.22. The molecule has 1 aromatic rings. The topological polar surface area (TPSA) is 45.7 Å². The standard InChI is InChI=1S/C20H31N3O2/c1-25-15-14-23-17-20(7-6-19(23)24)8-12-22(13-9-20)11-3-5-18-4-2-10-21-16-18/h2,4,10,16H,3,5-9,11-15,17H2,1H3. The molecule has 3 rings (SSSR count). The van der Waals surface area contributed by atoms with Crippen molar-refractivity contribution < 1.29 is 9.53 Å². The molecule has 0 aromatic carbocycles. The number of hydrogen-bond donors (Lipinski definition) is 0. The predicted molar refractivity (Wildman–Crippen MR) is 98.4 cm³/mol. The molecule has 5 nitrogen and oxygen atoms in total. The maximum atomic E-state index is 12.1. The first kappa shape index (κ1) is 18.3. The Balaban J connectivity index is 1.42. The van der Waals surface area contributed by atoms with E-state index in [4.69, 9.17) is 4.74 Å². The molecule has 1 aromatic heterocycles. The number of rotatable bonds is 7. The number of aromatic nitrogens is 1. The van der Waals surface area contributed by atoms with Crippen molar-refractivity contribution in [2.45, 2.75) is 38.5 Å². The number of carbonyl (C=O) groups is 1. The lowest BCUT2D eigenvalue weighted by molar-refractivity contribution is -0.139. The van der Waals surface area contributed by atoms with Crippen LogP contribution in [0.25, 0.3) is 0 Å². The number of ether oxygens (including phenoxy) is 1. The highest BCUT2D eigenvalue weighted by Gasteiger charge is 2.40. The second kappa shape index (κ2) is 8.77. The summed E-state index contributed by atoms with van der Waals surface area (Å²) >= 11 is 0. The molecular weight excluding hydrogens is 314 g/mol. The minimum atomic E-state index is 0.307. The Bertz CT molecular complexity index is 541. The molecular formula is C20H31N3O2. The number of aryl methyl sites for hydroxylation is 1. The number of carbonyl (C=O) groups excluding carboxylic acids is 1. The van der Waals surface area contributed by atoms with E-state index in [2.05, 4.69) is 16.0 Å². The lowest BCUT2D eigenvalue weighted by Crippen LogP contribution is -2.52. The van der Waals surface area contributed by atoms with Gasteiger partial charge in [0, 0.05) is 39.0 Å². The Morgan fingerprint density at radius 1 is 1.24 bits per heavy atom. The third kappa shape index (κ3) is 5.02. The van der Waals surface area contributed by atoms with Crippen LogP contribution in [-0.2, 0) is 16.0 Å². The molecule has 0 aliphatic carbocycles. The molecule has 0 saturated carbocycles. The molecule has 2 aliphatic heterocycles. The van der Waals surface area contributed by atoms with Gasteiger partial charge in [0.2, 0.25) is 5.91 Å². The van der Waals surface area contributed by atoms with Crippen LogP contribution < -0.4 is 0 Å². The summed E-state index contributed by atoms with van der Waals surface area (Å²) in [5.74, 6) is 0.307. The largest absolute Gasteiger partial charge is 0.383 e. The van der Waals surface area contributed by atoms with Gasteiger partial charge in [0.05, 0.1) is 6.61 Å². The van der Waals surface area contributed by atoms with E-state index in [0.29, 0.717) is 24.3 Å². The summed E-state index contributed by atoms with van der Waals surface area (Å²) < 4.78 is 5.16. The van der Waals surface area contributed by atoms with Crippen molar-refractivity contribution in [2.24, 2.45) is 5.41 Å². The van der Waals surface area contributed by atoms with Crippen LogP contribution in [0.5, 0.6) is 0 Å². The molecule has 1 amide bonds.